The topological polar surface area (TPSA) is 43.8 Å². The molecule has 1 fully saturated rings. The Hall–Kier alpha value is -1.39. The molecule has 4 nitrogen and oxygen atoms in total. The lowest BCUT2D eigenvalue weighted by atomic mass is 9.86. The Balaban J connectivity index is 2.19. The first kappa shape index (κ1) is 18.0. The van der Waals surface area contributed by atoms with Gasteiger partial charge >= 0.3 is 0 Å². The molecule has 1 aliphatic rings. The van der Waals surface area contributed by atoms with E-state index in [9.17, 15) is 9.90 Å². The van der Waals surface area contributed by atoms with Gasteiger partial charge in [0.2, 0.25) is 5.91 Å². The van der Waals surface area contributed by atoms with E-state index in [-0.39, 0.29) is 24.0 Å². The standard InChI is InChI=1S/C19H30N2O2/c1-15-9-5-6-10-16(15)17(20(2)3)18(23)21(4)13-19(14-22)11-7-8-12-19/h5-6,9-10,17,22H,7-8,11-14H2,1-4H3/t17-/m0/s1. The normalized spacial score (nSPS) is 18.2. The van der Waals surface area contributed by atoms with Gasteiger partial charge in [0.25, 0.3) is 0 Å². The van der Waals surface area contributed by atoms with E-state index in [1.807, 2.05) is 62.1 Å². The average Bonchev–Trinajstić information content (AvgIpc) is 2.98. The molecule has 1 aromatic carbocycles. The molecule has 128 valence electrons. The number of benzene rings is 1. The SMILES string of the molecule is Cc1ccccc1[C@@H](C(=O)N(C)CC1(CO)CCCC1)N(C)C. The lowest BCUT2D eigenvalue weighted by Gasteiger charge is -2.35. The maximum atomic E-state index is 13.1. The van der Waals surface area contributed by atoms with Crippen molar-refractivity contribution in [1.82, 2.24) is 9.80 Å². The second-order valence-corrected chi connectivity index (χ2v) is 7.28. The summed E-state index contributed by atoms with van der Waals surface area (Å²) in [5.74, 6) is 0.101. The Bertz CT molecular complexity index is 536. The molecule has 0 saturated heterocycles. The van der Waals surface area contributed by atoms with Gasteiger partial charge in [-0.25, -0.2) is 0 Å². The summed E-state index contributed by atoms with van der Waals surface area (Å²) in [6.07, 6.45) is 4.32. The number of hydrogen-bond donors (Lipinski definition) is 1. The van der Waals surface area contributed by atoms with Crippen LogP contribution in [0.2, 0.25) is 0 Å². The van der Waals surface area contributed by atoms with Crippen LogP contribution in [-0.4, -0.2) is 55.1 Å². The summed E-state index contributed by atoms with van der Waals surface area (Å²) in [4.78, 5) is 16.9. The molecule has 0 heterocycles. The van der Waals surface area contributed by atoms with Gasteiger partial charge in [0, 0.05) is 19.0 Å². The zero-order chi connectivity index (χ0) is 17.0. The van der Waals surface area contributed by atoms with Crippen LogP contribution in [-0.2, 0) is 4.79 Å². The van der Waals surface area contributed by atoms with Crippen LogP contribution in [0.4, 0.5) is 0 Å². The van der Waals surface area contributed by atoms with E-state index >= 15 is 0 Å². The molecule has 1 amide bonds. The minimum absolute atomic E-state index is 0.101. The summed E-state index contributed by atoms with van der Waals surface area (Å²) in [7, 11) is 5.76. The van der Waals surface area contributed by atoms with E-state index in [0.717, 1.165) is 36.8 Å². The monoisotopic (exact) mass is 318 g/mol. The summed E-state index contributed by atoms with van der Waals surface area (Å²) in [6.45, 7) is 2.85. The summed E-state index contributed by atoms with van der Waals surface area (Å²) >= 11 is 0. The van der Waals surface area contributed by atoms with E-state index in [0.29, 0.717) is 6.54 Å². The molecule has 0 aromatic heterocycles. The minimum Gasteiger partial charge on any atom is -0.396 e. The number of aryl methyl sites for hydroxylation is 1. The van der Waals surface area contributed by atoms with Crippen molar-refractivity contribution in [3.63, 3.8) is 0 Å². The Labute approximate surface area is 140 Å². The minimum atomic E-state index is -0.279. The fraction of sp³-hybridized carbons (Fsp3) is 0.632. The van der Waals surface area contributed by atoms with Crippen LogP contribution in [0.1, 0.15) is 42.9 Å². The third-order valence-corrected chi connectivity index (χ3v) is 5.18. The number of amides is 1. The van der Waals surface area contributed by atoms with Gasteiger partial charge in [-0.1, -0.05) is 37.1 Å². The number of rotatable bonds is 6. The Kier molecular flexibility index (Phi) is 5.82. The second-order valence-electron chi connectivity index (χ2n) is 7.28. The van der Waals surface area contributed by atoms with Gasteiger partial charge in [0.1, 0.15) is 6.04 Å². The average molecular weight is 318 g/mol. The highest BCUT2D eigenvalue weighted by Gasteiger charge is 2.37. The predicted octanol–water partition coefficient (Wildman–Crippen LogP) is 2.61. The van der Waals surface area contributed by atoms with Gasteiger partial charge in [0.15, 0.2) is 0 Å². The highest BCUT2D eigenvalue weighted by molar-refractivity contribution is 5.83. The van der Waals surface area contributed by atoms with Crippen molar-refractivity contribution < 1.29 is 9.90 Å². The van der Waals surface area contributed by atoms with Gasteiger partial charge in [-0.3, -0.25) is 9.69 Å². The smallest absolute Gasteiger partial charge is 0.244 e. The fourth-order valence-corrected chi connectivity index (χ4v) is 3.81. The highest BCUT2D eigenvalue weighted by Crippen LogP contribution is 2.38. The van der Waals surface area contributed by atoms with Crippen molar-refractivity contribution in [3.8, 4) is 0 Å². The molecule has 0 radical (unpaired) electrons. The van der Waals surface area contributed by atoms with Crippen LogP contribution in [0.25, 0.3) is 0 Å². The number of aliphatic hydroxyl groups excluding tert-OH is 1. The molecule has 0 aliphatic heterocycles. The summed E-state index contributed by atoms with van der Waals surface area (Å²) in [5.41, 5.74) is 2.08. The molecular formula is C19H30N2O2. The summed E-state index contributed by atoms with van der Waals surface area (Å²) < 4.78 is 0. The van der Waals surface area contributed by atoms with E-state index < -0.39 is 0 Å². The van der Waals surface area contributed by atoms with Crippen molar-refractivity contribution in [3.05, 3.63) is 35.4 Å². The molecule has 23 heavy (non-hydrogen) atoms. The highest BCUT2D eigenvalue weighted by atomic mass is 16.3. The van der Waals surface area contributed by atoms with Gasteiger partial charge in [-0.2, -0.15) is 0 Å². The van der Waals surface area contributed by atoms with Crippen LogP contribution >= 0.6 is 0 Å². The molecule has 2 rings (SSSR count). The molecule has 0 bridgehead atoms. The van der Waals surface area contributed by atoms with Crippen LogP contribution in [0, 0.1) is 12.3 Å². The number of aliphatic hydroxyl groups is 1. The van der Waals surface area contributed by atoms with Crippen molar-refractivity contribution in [2.75, 3.05) is 34.3 Å². The fourth-order valence-electron chi connectivity index (χ4n) is 3.81. The lowest BCUT2D eigenvalue weighted by molar-refractivity contribution is -0.137. The second kappa shape index (κ2) is 7.45. The van der Waals surface area contributed by atoms with E-state index in [1.165, 1.54) is 0 Å². The van der Waals surface area contributed by atoms with Gasteiger partial charge in [-0.05, 0) is 45.0 Å². The first-order chi connectivity index (χ1) is 10.9. The third kappa shape index (κ3) is 3.93. The van der Waals surface area contributed by atoms with Crippen molar-refractivity contribution >= 4 is 5.91 Å². The van der Waals surface area contributed by atoms with Crippen LogP contribution in [0.3, 0.4) is 0 Å². The largest absolute Gasteiger partial charge is 0.396 e. The number of nitrogens with zero attached hydrogens (tertiary/aromatic N) is 2. The maximum Gasteiger partial charge on any atom is 0.244 e. The Morgan fingerprint density at radius 1 is 1.22 bits per heavy atom. The number of carbonyl (C=O) groups excluding carboxylic acids is 1. The molecule has 0 unspecified atom stereocenters. The number of hydrogen-bond acceptors (Lipinski definition) is 3. The zero-order valence-electron chi connectivity index (χ0n) is 14.9. The maximum absolute atomic E-state index is 13.1. The van der Waals surface area contributed by atoms with Gasteiger partial charge < -0.3 is 10.0 Å². The lowest BCUT2D eigenvalue weighted by Crippen LogP contribution is -2.44. The Morgan fingerprint density at radius 3 is 2.35 bits per heavy atom. The van der Waals surface area contributed by atoms with Gasteiger partial charge in [0.05, 0.1) is 6.61 Å². The Morgan fingerprint density at radius 2 is 1.83 bits per heavy atom. The molecule has 4 heteroatoms. The number of likely N-dealkylation sites (N-methyl/N-ethyl adjacent to an activating group) is 2. The first-order valence-corrected chi connectivity index (χ1v) is 8.48. The van der Waals surface area contributed by atoms with E-state index in [4.69, 9.17) is 0 Å². The van der Waals surface area contributed by atoms with Crippen LogP contribution in [0.5, 0.6) is 0 Å². The predicted molar refractivity (Wildman–Crippen MR) is 93.2 cm³/mol. The van der Waals surface area contributed by atoms with Crippen LogP contribution < -0.4 is 0 Å². The van der Waals surface area contributed by atoms with Crippen molar-refractivity contribution in [2.24, 2.45) is 5.41 Å². The molecular weight excluding hydrogens is 288 g/mol. The molecule has 1 aliphatic carbocycles. The van der Waals surface area contributed by atoms with Gasteiger partial charge in [-0.15, -0.1) is 0 Å². The molecule has 0 spiro atoms. The zero-order valence-corrected chi connectivity index (χ0v) is 14.9. The van der Waals surface area contributed by atoms with E-state index in [1.54, 1.807) is 0 Å². The molecule has 1 N–H and O–H groups in total. The van der Waals surface area contributed by atoms with E-state index in [2.05, 4.69) is 0 Å². The van der Waals surface area contributed by atoms with Crippen LogP contribution in [0.15, 0.2) is 24.3 Å². The molecule has 1 aromatic rings. The van der Waals surface area contributed by atoms with Crippen molar-refractivity contribution in [2.45, 2.75) is 38.6 Å². The summed E-state index contributed by atoms with van der Waals surface area (Å²) in [6, 6.07) is 7.78. The first-order valence-electron chi connectivity index (χ1n) is 8.48. The molecule has 1 atom stereocenters. The number of carbonyl (C=O) groups is 1. The molecule has 1 saturated carbocycles. The summed E-state index contributed by atoms with van der Waals surface area (Å²) in [5, 5.41) is 9.81. The third-order valence-electron chi connectivity index (χ3n) is 5.18. The quantitative estimate of drug-likeness (QED) is 0.877. The van der Waals surface area contributed by atoms with Crippen molar-refractivity contribution in [1.29, 1.82) is 0 Å².